The predicted octanol–water partition coefficient (Wildman–Crippen LogP) is 5.94. The molecule has 0 fully saturated rings. The third-order valence-corrected chi connectivity index (χ3v) is 6.98. The topological polar surface area (TPSA) is 34.1 Å². The van der Waals surface area contributed by atoms with E-state index in [1.54, 1.807) is 0 Å². The first-order valence-corrected chi connectivity index (χ1v) is 10.4. The molecule has 0 aliphatic heterocycles. The molecule has 0 radical (unpaired) electrons. The molecule has 0 aromatic rings. The van der Waals surface area contributed by atoms with Crippen molar-refractivity contribution in [1.82, 2.24) is 0 Å². The first-order valence-electron chi connectivity index (χ1n) is 8.13. The lowest BCUT2D eigenvalue weighted by Gasteiger charge is -2.25. The van der Waals surface area contributed by atoms with Gasteiger partial charge in [0.2, 0.25) is 0 Å². The second-order valence-corrected chi connectivity index (χ2v) is 11.7. The fourth-order valence-electron chi connectivity index (χ4n) is 1.70. The van der Waals surface area contributed by atoms with Gasteiger partial charge in [-0.3, -0.25) is 9.59 Å². The number of rotatable bonds is 9. The Kier molecular flexibility index (Phi) is 8.79. The fraction of sp³-hybridized carbons (Fsp3) is 0.889. The Labute approximate surface area is 145 Å². The standard InChI is InChI=1S/C18H34O2S2/c1-16(2,3)14(19)10-9-13-21-22-18(7,8)12-11-15(20)17(4,5)6/h9-13H2,1-8H3. The molecular formula is C18H34O2S2. The molecular weight excluding hydrogens is 312 g/mol. The summed E-state index contributed by atoms with van der Waals surface area (Å²) in [5, 5.41) is 0. The lowest BCUT2D eigenvalue weighted by molar-refractivity contribution is -0.127. The van der Waals surface area contributed by atoms with Gasteiger partial charge in [-0.2, -0.15) is 0 Å². The summed E-state index contributed by atoms with van der Waals surface area (Å²) in [4.78, 5) is 23.8. The van der Waals surface area contributed by atoms with Crippen LogP contribution in [0.5, 0.6) is 0 Å². The number of Topliss-reactive ketones (excluding diaryl/α,β-unsaturated/α-hetero) is 2. The maximum absolute atomic E-state index is 12.0. The summed E-state index contributed by atoms with van der Waals surface area (Å²) in [6.07, 6.45) is 3.15. The van der Waals surface area contributed by atoms with Crippen LogP contribution in [-0.2, 0) is 9.59 Å². The Bertz CT molecular complexity index is 374. The van der Waals surface area contributed by atoms with Gasteiger partial charge >= 0.3 is 0 Å². The molecule has 0 rings (SSSR count). The van der Waals surface area contributed by atoms with Crippen molar-refractivity contribution in [2.45, 2.75) is 85.8 Å². The van der Waals surface area contributed by atoms with Crippen LogP contribution in [0.4, 0.5) is 0 Å². The van der Waals surface area contributed by atoms with Crippen molar-refractivity contribution in [3.8, 4) is 0 Å². The lowest BCUT2D eigenvalue weighted by Crippen LogP contribution is -2.23. The van der Waals surface area contributed by atoms with Crippen molar-refractivity contribution in [1.29, 1.82) is 0 Å². The van der Waals surface area contributed by atoms with E-state index < -0.39 is 0 Å². The highest BCUT2D eigenvalue weighted by Gasteiger charge is 2.26. The Morgan fingerprint density at radius 1 is 0.773 bits per heavy atom. The molecule has 0 aromatic heterocycles. The number of ketones is 2. The van der Waals surface area contributed by atoms with Crippen molar-refractivity contribution in [3.05, 3.63) is 0 Å². The van der Waals surface area contributed by atoms with Crippen LogP contribution in [0.15, 0.2) is 0 Å². The summed E-state index contributed by atoms with van der Waals surface area (Å²) in [6, 6.07) is 0. The molecule has 0 aliphatic rings. The molecule has 0 unspecified atom stereocenters. The summed E-state index contributed by atoms with van der Waals surface area (Å²) < 4.78 is 0.0968. The minimum atomic E-state index is -0.235. The monoisotopic (exact) mass is 346 g/mol. The molecule has 130 valence electrons. The van der Waals surface area contributed by atoms with E-state index in [1.165, 1.54) is 0 Å². The molecule has 0 bridgehead atoms. The van der Waals surface area contributed by atoms with Crippen LogP contribution in [0.2, 0.25) is 0 Å². The van der Waals surface area contributed by atoms with Crippen molar-refractivity contribution < 1.29 is 9.59 Å². The van der Waals surface area contributed by atoms with Crippen LogP contribution >= 0.6 is 21.6 Å². The van der Waals surface area contributed by atoms with Crippen LogP contribution < -0.4 is 0 Å². The van der Waals surface area contributed by atoms with E-state index in [2.05, 4.69) is 13.8 Å². The fourth-order valence-corrected chi connectivity index (χ4v) is 4.36. The van der Waals surface area contributed by atoms with Gasteiger partial charge in [-0.25, -0.2) is 0 Å². The molecule has 0 amide bonds. The lowest BCUT2D eigenvalue weighted by atomic mass is 9.87. The smallest absolute Gasteiger partial charge is 0.138 e. The van der Waals surface area contributed by atoms with E-state index in [1.807, 2.05) is 63.1 Å². The van der Waals surface area contributed by atoms with Crippen LogP contribution in [0.3, 0.4) is 0 Å². The largest absolute Gasteiger partial charge is 0.299 e. The number of hydrogen-bond acceptors (Lipinski definition) is 4. The third kappa shape index (κ3) is 9.94. The molecule has 4 heteroatoms. The zero-order valence-electron chi connectivity index (χ0n) is 15.7. The van der Waals surface area contributed by atoms with Crippen LogP contribution in [0.1, 0.15) is 81.1 Å². The maximum atomic E-state index is 12.0. The minimum Gasteiger partial charge on any atom is -0.299 e. The second-order valence-electron chi connectivity index (χ2n) is 8.61. The summed E-state index contributed by atoms with van der Waals surface area (Å²) in [5.41, 5.74) is -0.453. The highest BCUT2D eigenvalue weighted by atomic mass is 33.1. The van der Waals surface area contributed by atoms with E-state index in [9.17, 15) is 9.59 Å². The van der Waals surface area contributed by atoms with Gasteiger partial charge in [0.15, 0.2) is 0 Å². The number of carbonyl (C=O) groups excluding carboxylic acids is 2. The average molecular weight is 347 g/mol. The van der Waals surface area contributed by atoms with Gasteiger partial charge in [0.05, 0.1) is 0 Å². The minimum absolute atomic E-state index is 0.0968. The summed E-state index contributed by atoms with van der Waals surface area (Å²) in [6.45, 7) is 16.3. The second kappa shape index (κ2) is 8.77. The zero-order valence-corrected chi connectivity index (χ0v) is 17.3. The Hall–Kier alpha value is 0.0400. The predicted molar refractivity (Wildman–Crippen MR) is 102 cm³/mol. The van der Waals surface area contributed by atoms with Gasteiger partial charge in [0.25, 0.3) is 0 Å². The first kappa shape index (κ1) is 22.0. The Morgan fingerprint density at radius 3 is 1.68 bits per heavy atom. The highest BCUT2D eigenvalue weighted by Crippen LogP contribution is 2.40. The van der Waals surface area contributed by atoms with Crippen LogP contribution in [0, 0.1) is 10.8 Å². The molecule has 22 heavy (non-hydrogen) atoms. The molecule has 0 atom stereocenters. The molecule has 0 spiro atoms. The van der Waals surface area contributed by atoms with E-state index in [0.29, 0.717) is 24.4 Å². The molecule has 0 saturated heterocycles. The number of carbonyl (C=O) groups is 2. The van der Waals surface area contributed by atoms with Crippen molar-refractivity contribution in [2.75, 3.05) is 5.75 Å². The van der Waals surface area contributed by atoms with E-state index >= 15 is 0 Å². The Morgan fingerprint density at radius 2 is 1.23 bits per heavy atom. The van der Waals surface area contributed by atoms with Crippen LogP contribution in [0.25, 0.3) is 0 Å². The number of hydrogen-bond donors (Lipinski definition) is 0. The molecule has 2 nitrogen and oxygen atoms in total. The normalized spacial score (nSPS) is 13.3. The molecule has 0 saturated carbocycles. The van der Waals surface area contributed by atoms with Gasteiger partial charge in [-0.05, 0) is 26.7 Å². The van der Waals surface area contributed by atoms with Gasteiger partial charge in [0.1, 0.15) is 11.6 Å². The summed E-state index contributed by atoms with van der Waals surface area (Å²) in [7, 11) is 3.67. The van der Waals surface area contributed by atoms with Crippen molar-refractivity contribution >= 4 is 33.2 Å². The van der Waals surface area contributed by atoms with E-state index in [-0.39, 0.29) is 15.6 Å². The SMILES string of the molecule is CC(C)(CCC(=O)C(C)(C)C)SSCCCC(=O)C(C)(C)C. The molecule has 0 aromatic carbocycles. The van der Waals surface area contributed by atoms with E-state index in [4.69, 9.17) is 0 Å². The average Bonchev–Trinajstić information content (AvgIpc) is 2.32. The first-order chi connectivity index (χ1) is 9.76. The van der Waals surface area contributed by atoms with Gasteiger partial charge in [0, 0.05) is 34.2 Å². The molecule has 0 heterocycles. The van der Waals surface area contributed by atoms with Gasteiger partial charge < -0.3 is 0 Å². The van der Waals surface area contributed by atoms with Crippen LogP contribution in [-0.4, -0.2) is 22.1 Å². The zero-order chi connectivity index (χ0) is 17.6. The molecule has 0 N–H and O–H groups in total. The quantitative estimate of drug-likeness (QED) is 0.382. The Balaban J connectivity index is 3.95. The van der Waals surface area contributed by atoms with Gasteiger partial charge in [-0.1, -0.05) is 63.1 Å². The third-order valence-electron chi connectivity index (χ3n) is 3.54. The highest BCUT2D eigenvalue weighted by molar-refractivity contribution is 8.77. The van der Waals surface area contributed by atoms with E-state index in [0.717, 1.165) is 18.6 Å². The van der Waals surface area contributed by atoms with Crippen molar-refractivity contribution in [3.63, 3.8) is 0 Å². The van der Waals surface area contributed by atoms with Crippen molar-refractivity contribution in [2.24, 2.45) is 10.8 Å². The van der Waals surface area contributed by atoms with Gasteiger partial charge in [-0.15, -0.1) is 0 Å². The summed E-state index contributed by atoms with van der Waals surface area (Å²) >= 11 is 0. The molecule has 0 aliphatic carbocycles. The maximum Gasteiger partial charge on any atom is 0.138 e. The summed E-state index contributed by atoms with van der Waals surface area (Å²) in [5.74, 6) is 1.67.